The Balaban J connectivity index is 1.98. The van der Waals surface area contributed by atoms with Gasteiger partial charge in [0.25, 0.3) is 0 Å². The summed E-state index contributed by atoms with van der Waals surface area (Å²) in [5, 5.41) is 0. The predicted octanol–water partition coefficient (Wildman–Crippen LogP) is 1.74. The highest BCUT2D eigenvalue weighted by atomic mass is 16.2. The van der Waals surface area contributed by atoms with Crippen LogP contribution in [-0.4, -0.2) is 28.7 Å². The van der Waals surface area contributed by atoms with Crippen molar-refractivity contribution < 1.29 is 4.79 Å². The Morgan fingerprint density at radius 1 is 1.40 bits per heavy atom. The van der Waals surface area contributed by atoms with E-state index in [9.17, 15) is 4.79 Å². The van der Waals surface area contributed by atoms with Crippen molar-refractivity contribution in [2.24, 2.45) is 10.9 Å². The van der Waals surface area contributed by atoms with E-state index in [1.54, 1.807) is 0 Å². The molecule has 1 amide bonds. The average molecular weight is 204 g/mol. The second-order valence-electron chi connectivity index (χ2n) is 4.76. The van der Waals surface area contributed by atoms with Gasteiger partial charge >= 0.3 is 0 Å². The summed E-state index contributed by atoms with van der Waals surface area (Å²) in [4.78, 5) is 18.9. The summed E-state index contributed by atoms with van der Waals surface area (Å²) in [5.74, 6) is 1.49. The first-order chi connectivity index (χ1) is 7.27. The van der Waals surface area contributed by atoms with Crippen molar-refractivity contribution in [2.45, 2.75) is 44.7 Å². The Labute approximate surface area is 89.9 Å². The zero-order valence-electron chi connectivity index (χ0n) is 9.02. The van der Waals surface area contributed by atoms with E-state index in [0.29, 0.717) is 11.9 Å². The summed E-state index contributed by atoms with van der Waals surface area (Å²) in [6, 6.07) is 0.599. The molecule has 3 aliphatic rings. The van der Waals surface area contributed by atoms with Crippen molar-refractivity contribution in [3.05, 3.63) is 12.2 Å². The van der Waals surface area contributed by atoms with E-state index in [1.807, 2.05) is 4.90 Å². The van der Waals surface area contributed by atoms with Crippen molar-refractivity contribution in [2.75, 3.05) is 0 Å². The molecular weight excluding hydrogens is 188 g/mol. The normalized spacial score (nSPS) is 38.7. The van der Waals surface area contributed by atoms with Crippen molar-refractivity contribution in [1.29, 1.82) is 0 Å². The molecule has 3 rings (SSSR count). The zero-order chi connectivity index (χ0) is 10.4. The van der Waals surface area contributed by atoms with E-state index in [1.165, 1.54) is 0 Å². The summed E-state index contributed by atoms with van der Waals surface area (Å²) in [6.45, 7) is 2.12. The van der Waals surface area contributed by atoms with Crippen molar-refractivity contribution in [1.82, 2.24) is 4.90 Å². The maximum Gasteiger partial charge on any atom is 0.233 e. The molecule has 0 spiro atoms. The lowest BCUT2D eigenvalue weighted by molar-refractivity contribution is -0.134. The molecule has 3 heteroatoms. The maximum atomic E-state index is 12.3. The number of carbonyl (C=O) groups excluding carboxylic acids is 1. The van der Waals surface area contributed by atoms with Gasteiger partial charge in [0.2, 0.25) is 5.91 Å². The number of fused-ring (bicyclic) bond motifs is 2. The number of nitrogens with zero attached hydrogens (tertiary/aromatic N) is 2. The van der Waals surface area contributed by atoms with Gasteiger partial charge in [-0.05, 0) is 26.2 Å². The minimum Gasteiger partial charge on any atom is -0.297 e. The van der Waals surface area contributed by atoms with Gasteiger partial charge in [0, 0.05) is 12.5 Å². The summed E-state index contributed by atoms with van der Waals surface area (Å²) in [7, 11) is 0. The minimum absolute atomic E-state index is 0.124. The molecule has 3 nitrogen and oxygen atoms in total. The molecule has 1 fully saturated rings. The van der Waals surface area contributed by atoms with Gasteiger partial charge in [0.05, 0.1) is 12.0 Å². The van der Waals surface area contributed by atoms with Crippen LogP contribution in [0.5, 0.6) is 0 Å². The molecular formula is C12H16N2O. The third-order valence-corrected chi connectivity index (χ3v) is 3.77. The Morgan fingerprint density at radius 2 is 2.20 bits per heavy atom. The molecule has 80 valence electrons. The van der Waals surface area contributed by atoms with Gasteiger partial charge in [0.1, 0.15) is 5.84 Å². The fourth-order valence-corrected chi connectivity index (χ4v) is 2.89. The number of allylic oxidation sites excluding steroid dienone is 1. The van der Waals surface area contributed by atoms with E-state index < -0.39 is 0 Å². The van der Waals surface area contributed by atoms with Gasteiger partial charge in [-0.3, -0.25) is 14.7 Å². The van der Waals surface area contributed by atoms with E-state index in [0.717, 1.165) is 31.5 Å². The SMILES string of the molecule is CC1CCC2=N[C@H]3CC=CC[C@H]3C(=O)N21. The molecule has 0 bridgehead atoms. The second kappa shape index (κ2) is 3.19. The van der Waals surface area contributed by atoms with Crippen LogP contribution in [0.2, 0.25) is 0 Å². The highest BCUT2D eigenvalue weighted by molar-refractivity contribution is 6.03. The van der Waals surface area contributed by atoms with Crippen LogP contribution in [0.1, 0.15) is 32.6 Å². The fraction of sp³-hybridized carbons (Fsp3) is 0.667. The molecule has 1 unspecified atom stereocenters. The molecule has 0 aromatic rings. The van der Waals surface area contributed by atoms with Gasteiger partial charge in [-0.15, -0.1) is 0 Å². The number of carbonyl (C=O) groups is 1. The molecule has 3 atom stereocenters. The molecule has 1 aliphatic carbocycles. The van der Waals surface area contributed by atoms with Crippen LogP contribution in [0, 0.1) is 5.92 Å². The van der Waals surface area contributed by atoms with Gasteiger partial charge in [-0.2, -0.15) is 0 Å². The molecule has 15 heavy (non-hydrogen) atoms. The Hall–Kier alpha value is -1.12. The van der Waals surface area contributed by atoms with Crippen molar-refractivity contribution in [3.63, 3.8) is 0 Å². The number of amides is 1. The summed E-state index contributed by atoms with van der Waals surface area (Å²) in [6.07, 6.45) is 8.18. The lowest BCUT2D eigenvalue weighted by Crippen LogP contribution is -2.49. The van der Waals surface area contributed by atoms with Crippen LogP contribution >= 0.6 is 0 Å². The van der Waals surface area contributed by atoms with Crippen LogP contribution in [0.25, 0.3) is 0 Å². The predicted molar refractivity (Wildman–Crippen MR) is 58.6 cm³/mol. The summed E-state index contributed by atoms with van der Waals surface area (Å²) in [5.41, 5.74) is 0. The summed E-state index contributed by atoms with van der Waals surface area (Å²) < 4.78 is 0. The highest BCUT2D eigenvalue weighted by Crippen LogP contribution is 2.33. The van der Waals surface area contributed by atoms with Gasteiger partial charge in [0.15, 0.2) is 0 Å². The van der Waals surface area contributed by atoms with Crippen LogP contribution in [0.15, 0.2) is 17.1 Å². The number of amidine groups is 1. The standard InChI is InChI=1S/C12H16N2O/c1-8-6-7-11-13-10-5-3-2-4-9(10)12(15)14(8)11/h2-3,8-10H,4-7H2,1H3/t8?,9-,10+/m1/s1. The van der Waals surface area contributed by atoms with Gasteiger partial charge < -0.3 is 0 Å². The molecule has 2 heterocycles. The average Bonchev–Trinajstić information content (AvgIpc) is 2.61. The first-order valence-electron chi connectivity index (χ1n) is 5.82. The number of aliphatic imine (C=N–C) groups is 1. The molecule has 1 saturated heterocycles. The monoisotopic (exact) mass is 204 g/mol. The Kier molecular flexibility index (Phi) is 1.94. The second-order valence-corrected chi connectivity index (χ2v) is 4.76. The Morgan fingerprint density at radius 3 is 3.07 bits per heavy atom. The number of hydrogen-bond acceptors (Lipinski definition) is 2. The minimum atomic E-state index is 0.124. The molecule has 0 aromatic carbocycles. The molecule has 2 aliphatic heterocycles. The third kappa shape index (κ3) is 1.25. The van der Waals surface area contributed by atoms with Crippen LogP contribution in [-0.2, 0) is 4.79 Å². The smallest absolute Gasteiger partial charge is 0.233 e. The number of rotatable bonds is 0. The van der Waals surface area contributed by atoms with Crippen LogP contribution in [0.3, 0.4) is 0 Å². The topological polar surface area (TPSA) is 32.7 Å². The van der Waals surface area contributed by atoms with Gasteiger partial charge in [-0.25, -0.2) is 0 Å². The lowest BCUT2D eigenvalue weighted by Gasteiger charge is -2.36. The summed E-state index contributed by atoms with van der Waals surface area (Å²) >= 11 is 0. The lowest BCUT2D eigenvalue weighted by atomic mass is 9.87. The van der Waals surface area contributed by atoms with E-state index in [-0.39, 0.29) is 12.0 Å². The van der Waals surface area contributed by atoms with E-state index in [4.69, 9.17) is 4.99 Å². The highest BCUT2D eigenvalue weighted by Gasteiger charge is 2.42. The van der Waals surface area contributed by atoms with Crippen LogP contribution in [0.4, 0.5) is 0 Å². The van der Waals surface area contributed by atoms with Crippen LogP contribution < -0.4 is 0 Å². The largest absolute Gasteiger partial charge is 0.297 e. The molecule has 0 aromatic heterocycles. The molecule has 0 N–H and O–H groups in total. The number of hydrogen-bond donors (Lipinski definition) is 0. The first kappa shape index (κ1) is 9.13. The maximum absolute atomic E-state index is 12.3. The third-order valence-electron chi connectivity index (χ3n) is 3.77. The van der Waals surface area contributed by atoms with Crippen molar-refractivity contribution in [3.8, 4) is 0 Å². The van der Waals surface area contributed by atoms with Gasteiger partial charge in [-0.1, -0.05) is 12.2 Å². The molecule has 0 saturated carbocycles. The zero-order valence-corrected chi connectivity index (χ0v) is 9.02. The van der Waals surface area contributed by atoms with Crippen molar-refractivity contribution >= 4 is 11.7 Å². The quantitative estimate of drug-likeness (QED) is 0.553. The fourth-order valence-electron chi connectivity index (χ4n) is 2.89. The van der Waals surface area contributed by atoms with E-state index in [2.05, 4.69) is 19.1 Å². The Bertz CT molecular complexity index is 359. The first-order valence-corrected chi connectivity index (χ1v) is 5.82. The molecule has 0 radical (unpaired) electrons. The van der Waals surface area contributed by atoms with E-state index >= 15 is 0 Å².